The van der Waals surface area contributed by atoms with Crippen LogP contribution in [-0.2, 0) is 14.8 Å². The van der Waals surface area contributed by atoms with E-state index < -0.39 is 26.6 Å². The summed E-state index contributed by atoms with van der Waals surface area (Å²) in [6.07, 6.45) is 4.22. The van der Waals surface area contributed by atoms with Gasteiger partial charge in [-0.3, -0.25) is 10.1 Å². The second-order valence-corrected chi connectivity index (χ2v) is 11.5. The van der Waals surface area contributed by atoms with E-state index in [2.05, 4.69) is 10.3 Å². The number of carbonyl (C=O) groups is 1. The highest BCUT2D eigenvalue weighted by Crippen LogP contribution is 2.35. The fourth-order valence-corrected chi connectivity index (χ4v) is 5.52. The Balaban J connectivity index is 1.71. The zero-order valence-electron chi connectivity index (χ0n) is 20.4. The number of hydrogen-bond acceptors (Lipinski definition) is 8. The molecule has 192 valence electrons. The van der Waals surface area contributed by atoms with Gasteiger partial charge in [0, 0.05) is 25.3 Å². The molecule has 0 saturated carbocycles. The van der Waals surface area contributed by atoms with Crippen LogP contribution in [0.1, 0.15) is 40.0 Å². The predicted octanol–water partition coefficient (Wildman–Crippen LogP) is 4.38. The minimum absolute atomic E-state index is 0.0737. The maximum Gasteiger partial charge on any atom is 0.410 e. The fourth-order valence-electron chi connectivity index (χ4n) is 4.20. The number of hydrogen-bond donors (Lipinski definition) is 1. The van der Waals surface area contributed by atoms with Gasteiger partial charge in [0.15, 0.2) is 5.65 Å². The number of ether oxygens (including phenoxy) is 1. The topological polar surface area (TPSA) is 137 Å². The van der Waals surface area contributed by atoms with Gasteiger partial charge in [0.2, 0.25) is 0 Å². The first kappa shape index (κ1) is 25.4. The Labute approximate surface area is 209 Å². The Morgan fingerprint density at radius 1 is 1.19 bits per heavy atom. The van der Waals surface area contributed by atoms with Crippen molar-refractivity contribution in [2.24, 2.45) is 0 Å². The second-order valence-electron chi connectivity index (χ2n) is 9.71. The molecule has 1 aromatic carbocycles. The molecule has 1 saturated heterocycles. The van der Waals surface area contributed by atoms with Crippen LogP contribution in [0.2, 0.25) is 0 Å². The third-order valence-corrected chi connectivity index (χ3v) is 7.51. The number of pyridine rings is 1. The number of nitrogens with one attached hydrogen (secondary N) is 1. The molecule has 1 aliphatic heterocycles. The van der Waals surface area contributed by atoms with Gasteiger partial charge in [-0.15, -0.1) is 0 Å². The van der Waals surface area contributed by atoms with Gasteiger partial charge in [-0.05, 0) is 58.2 Å². The van der Waals surface area contributed by atoms with E-state index in [0.29, 0.717) is 24.9 Å². The molecule has 1 aliphatic rings. The quantitative estimate of drug-likeness (QED) is 0.390. The summed E-state index contributed by atoms with van der Waals surface area (Å²) in [4.78, 5) is 29.8. The van der Waals surface area contributed by atoms with Crippen molar-refractivity contribution >= 4 is 38.5 Å². The lowest BCUT2D eigenvalue weighted by Crippen LogP contribution is -2.42. The molecule has 11 nitrogen and oxygen atoms in total. The van der Waals surface area contributed by atoms with Crippen molar-refractivity contribution in [3.05, 3.63) is 58.9 Å². The summed E-state index contributed by atoms with van der Waals surface area (Å²) in [7, 11) is -3.96. The molecule has 0 bridgehead atoms. The van der Waals surface area contributed by atoms with Crippen LogP contribution in [0.25, 0.3) is 11.0 Å². The molecule has 0 spiro atoms. The summed E-state index contributed by atoms with van der Waals surface area (Å²) in [5.74, 6) is 0. The molecule has 0 radical (unpaired) electrons. The van der Waals surface area contributed by atoms with E-state index in [1.165, 1.54) is 24.4 Å². The normalized spacial score (nSPS) is 17.0. The SMILES string of the molecule is CC(C)(C)OC(=O)N1CCCC[C@H](Nc2c([N+](=O)[O-])cnc3c2ccn3S(=O)(=O)c2ccccc2)C1. The summed E-state index contributed by atoms with van der Waals surface area (Å²) < 4.78 is 33.0. The molecule has 1 fully saturated rings. The molecule has 2 aromatic heterocycles. The first-order chi connectivity index (χ1) is 17.0. The molecule has 3 aromatic rings. The Hall–Kier alpha value is -3.67. The Bertz CT molecular complexity index is 1380. The van der Waals surface area contributed by atoms with Crippen LogP contribution in [0.15, 0.2) is 53.7 Å². The molecule has 3 heterocycles. The zero-order chi connectivity index (χ0) is 26.1. The molecule has 1 amide bonds. The van der Waals surface area contributed by atoms with Gasteiger partial charge >= 0.3 is 11.8 Å². The van der Waals surface area contributed by atoms with E-state index in [9.17, 15) is 23.3 Å². The van der Waals surface area contributed by atoms with E-state index in [0.717, 1.165) is 23.0 Å². The highest BCUT2D eigenvalue weighted by molar-refractivity contribution is 7.90. The lowest BCUT2D eigenvalue weighted by Gasteiger charge is -2.29. The number of rotatable bonds is 5. The van der Waals surface area contributed by atoms with Crippen molar-refractivity contribution in [1.29, 1.82) is 0 Å². The van der Waals surface area contributed by atoms with Crippen molar-refractivity contribution in [3.8, 4) is 0 Å². The number of nitro groups is 1. The number of anilines is 1. The van der Waals surface area contributed by atoms with Crippen LogP contribution >= 0.6 is 0 Å². The van der Waals surface area contributed by atoms with Crippen molar-refractivity contribution in [2.45, 2.75) is 56.6 Å². The maximum atomic E-state index is 13.2. The largest absolute Gasteiger partial charge is 0.444 e. The highest BCUT2D eigenvalue weighted by Gasteiger charge is 2.30. The minimum atomic E-state index is -3.96. The van der Waals surface area contributed by atoms with Crippen LogP contribution in [0.4, 0.5) is 16.2 Å². The Morgan fingerprint density at radius 3 is 2.58 bits per heavy atom. The fraction of sp³-hybridized carbons (Fsp3) is 0.417. The molecule has 0 aliphatic carbocycles. The first-order valence-corrected chi connectivity index (χ1v) is 13.1. The third-order valence-electron chi connectivity index (χ3n) is 5.83. The standard InChI is InChI=1S/C24H29N5O6S/c1-24(2,3)35-23(30)27-13-8-7-9-17(16-27)26-21-19-12-14-28(22(19)25-15-20(21)29(31)32)36(33,34)18-10-5-4-6-11-18/h4-6,10-12,14-15,17H,7-9,13,16H2,1-3H3,(H,25,26)/t17-/m0/s1. The first-order valence-electron chi connectivity index (χ1n) is 11.7. The van der Waals surface area contributed by atoms with Crippen LogP contribution in [0, 0.1) is 10.1 Å². The van der Waals surface area contributed by atoms with Crippen molar-refractivity contribution in [2.75, 3.05) is 18.4 Å². The Morgan fingerprint density at radius 2 is 1.92 bits per heavy atom. The zero-order valence-corrected chi connectivity index (χ0v) is 21.2. The molecule has 36 heavy (non-hydrogen) atoms. The van der Waals surface area contributed by atoms with Gasteiger partial charge in [-0.25, -0.2) is 22.2 Å². The van der Waals surface area contributed by atoms with Crippen LogP contribution in [-0.4, -0.2) is 58.0 Å². The monoisotopic (exact) mass is 515 g/mol. The van der Waals surface area contributed by atoms with Gasteiger partial charge < -0.3 is 15.0 Å². The molecular formula is C24H29N5O6S. The number of benzene rings is 1. The summed E-state index contributed by atoms with van der Waals surface area (Å²) in [6, 6.07) is 9.09. The molecule has 12 heteroatoms. The minimum Gasteiger partial charge on any atom is -0.444 e. The number of likely N-dealkylation sites (tertiary alicyclic amines) is 1. The summed E-state index contributed by atoms with van der Waals surface area (Å²) in [5.41, 5.74) is -0.673. The maximum absolute atomic E-state index is 13.2. The van der Waals surface area contributed by atoms with Gasteiger partial charge in [0.1, 0.15) is 17.5 Å². The summed E-state index contributed by atoms with van der Waals surface area (Å²) in [5, 5.41) is 15.4. The molecule has 0 unspecified atom stereocenters. The van der Waals surface area contributed by atoms with Crippen LogP contribution in [0.3, 0.4) is 0 Å². The second kappa shape index (κ2) is 9.76. The number of aromatic nitrogens is 2. The van der Waals surface area contributed by atoms with E-state index in [1.54, 1.807) is 43.9 Å². The lowest BCUT2D eigenvalue weighted by atomic mass is 10.1. The summed E-state index contributed by atoms with van der Waals surface area (Å²) in [6.45, 7) is 6.20. The number of nitrogens with zero attached hydrogens (tertiary/aromatic N) is 4. The van der Waals surface area contributed by atoms with Crippen LogP contribution in [0.5, 0.6) is 0 Å². The van der Waals surface area contributed by atoms with Gasteiger partial charge in [-0.1, -0.05) is 18.2 Å². The van der Waals surface area contributed by atoms with E-state index in [-0.39, 0.29) is 28.0 Å². The number of carbonyl (C=O) groups excluding carboxylic acids is 1. The molecule has 1 atom stereocenters. The average Bonchev–Trinajstić information content (AvgIpc) is 3.12. The van der Waals surface area contributed by atoms with E-state index >= 15 is 0 Å². The number of fused-ring (bicyclic) bond motifs is 1. The van der Waals surface area contributed by atoms with Crippen molar-refractivity contribution in [3.63, 3.8) is 0 Å². The summed E-state index contributed by atoms with van der Waals surface area (Å²) >= 11 is 0. The average molecular weight is 516 g/mol. The Kier molecular flexibility index (Phi) is 6.90. The van der Waals surface area contributed by atoms with Gasteiger partial charge in [-0.2, -0.15) is 0 Å². The van der Waals surface area contributed by atoms with Crippen molar-refractivity contribution in [1.82, 2.24) is 13.9 Å². The molecule has 1 N–H and O–H groups in total. The van der Waals surface area contributed by atoms with Gasteiger partial charge in [0.25, 0.3) is 10.0 Å². The lowest BCUT2D eigenvalue weighted by molar-refractivity contribution is -0.384. The highest BCUT2D eigenvalue weighted by atomic mass is 32.2. The van der Waals surface area contributed by atoms with E-state index in [1.807, 2.05) is 0 Å². The van der Waals surface area contributed by atoms with Crippen LogP contribution < -0.4 is 5.32 Å². The van der Waals surface area contributed by atoms with Gasteiger partial charge in [0.05, 0.1) is 15.2 Å². The smallest absolute Gasteiger partial charge is 0.410 e. The van der Waals surface area contributed by atoms with E-state index in [4.69, 9.17) is 4.74 Å². The number of amides is 1. The molecular weight excluding hydrogens is 486 g/mol. The predicted molar refractivity (Wildman–Crippen MR) is 134 cm³/mol. The third kappa shape index (κ3) is 5.27. The molecule has 4 rings (SSSR count). The van der Waals surface area contributed by atoms with Crippen molar-refractivity contribution < 1.29 is 22.9 Å².